The minimum absolute atomic E-state index is 0. The SMILES string of the molecule is CN1CCN(C[C@H](c2ccc(OCc3ccccc3)cc2)C2(O)CCCCC2)CC1.Cl.Cl. The summed E-state index contributed by atoms with van der Waals surface area (Å²) < 4.78 is 5.98. The van der Waals surface area contributed by atoms with Crippen LogP contribution in [0.3, 0.4) is 0 Å². The third-order valence-electron chi connectivity index (χ3n) is 6.94. The van der Waals surface area contributed by atoms with Gasteiger partial charge >= 0.3 is 0 Å². The molecule has 0 bridgehead atoms. The van der Waals surface area contributed by atoms with Gasteiger partial charge in [0.25, 0.3) is 0 Å². The minimum Gasteiger partial charge on any atom is -0.489 e. The number of benzene rings is 2. The van der Waals surface area contributed by atoms with E-state index in [1.807, 2.05) is 18.2 Å². The summed E-state index contributed by atoms with van der Waals surface area (Å²) in [6, 6.07) is 18.8. The number of likely N-dealkylation sites (N-methyl/N-ethyl adjacent to an activating group) is 1. The second-order valence-corrected chi connectivity index (χ2v) is 9.16. The molecule has 1 heterocycles. The number of halogens is 2. The lowest BCUT2D eigenvalue weighted by atomic mass is 9.72. The van der Waals surface area contributed by atoms with Crippen LogP contribution in [0.4, 0.5) is 0 Å². The van der Waals surface area contributed by atoms with Crippen LogP contribution >= 0.6 is 24.8 Å². The van der Waals surface area contributed by atoms with Crippen LogP contribution in [0.15, 0.2) is 54.6 Å². The van der Waals surface area contributed by atoms with Gasteiger partial charge in [0.1, 0.15) is 12.4 Å². The lowest BCUT2D eigenvalue weighted by molar-refractivity contribution is -0.0337. The maximum Gasteiger partial charge on any atom is 0.119 e. The molecule has 6 heteroatoms. The van der Waals surface area contributed by atoms with E-state index in [1.54, 1.807) is 0 Å². The van der Waals surface area contributed by atoms with Crippen LogP contribution in [-0.2, 0) is 6.61 Å². The summed E-state index contributed by atoms with van der Waals surface area (Å²) in [5.41, 5.74) is 1.82. The molecule has 0 aromatic heterocycles. The fourth-order valence-electron chi connectivity index (χ4n) is 4.92. The van der Waals surface area contributed by atoms with E-state index in [-0.39, 0.29) is 30.7 Å². The number of ether oxygens (including phenoxy) is 1. The maximum absolute atomic E-state index is 11.6. The fourth-order valence-corrected chi connectivity index (χ4v) is 4.92. The Morgan fingerprint density at radius 1 is 0.875 bits per heavy atom. The van der Waals surface area contributed by atoms with Gasteiger partial charge in [-0.3, -0.25) is 0 Å². The summed E-state index contributed by atoms with van der Waals surface area (Å²) in [6.07, 6.45) is 5.34. The molecule has 1 aliphatic heterocycles. The molecule has 32 heavy (non-hydrogen) atoms. The van der Waals surface area contributed by atoms with Gasteiger partial charge in [0.15, 0.2) is 0 Å². The summed E-state index contributed by atoms with van der Waals surface area (Å²) in [7, 11) is 2.19. The predicted octanol–water partition coefficient (Wildman–Crippen LogP) is 5.14. The van der Waals surface area contributed by atoms with Gasteiger partial charge in [-0.2, -0.15) is 0 Å². The second kappa shape index (κ2) is 12.8. The van der Waals surface area contributed by atoms with Crippen molar-refractivity contribution in [3.63, 3.8) is 0 Å². The van der Waals surface area contributed by atoms with Gasteiger partial charge in [0.05, 0.1) is 5.60 Å². The predicted molar refractivity (Wildman–Crippen MR) is 136 cm³/mol. The van der Waals surface area contributed by atoms with Crippen molar-refractivity contribution in [3.8, 4) is 5.75 Å². The van der Waals surface area contributed by atoms with Gasteiger partial charge in [0, 0.05) is 38.6 Å². The highest BCUT2D eigenvalue weighted by Crippen LogP contribution is 2.41. The highest BCUT2D eigenvalue weighted by atomic mass is 35.5. The Balaban J connectivity index is 0.00000181. The number of rotatable bonds is 7. The summed E-state index contributed by atoms with van der Waals surface area (Å²) in [4.78, 5) is 4.93. The largest absolute Gasteiger partial charge is 0.489 e. The summed E-state index contributed by atoms with van der Waals surface area (Å²) in [5.74, 6) is 1.04. The smallest absolute Gasteiger partial charge is 0.119 e. The average molecular weight is 482 g/mol. The van der Waals surface area contributed by atoms with E-state index >= 15 is 0 Å². The van der Waals surface area contributed by atoms with Crippen LogP contribution in [0.5, 0.6) is 5.75 Å². The zero-order valence-corrected chi connectivity index (χ0v) is 20.8. The Labute approximate surface area is 205 Å². The molecule has 2 aliphatic rings. The van der Waals surface area contributed by atoms with Crippen molar-refractivity contribution in [2.45, 2.75) is 50.2 Å². The molecule has 1 saturated carbocycles. The van der Waals surface area contributed by atoms with E-state index in [9.17, 15) is 5.11 Å². The standard InChI is InChI=1S/C26H36N2O2.2ClH/c1-27-16-18-28(19-17-27)20-25(26(29)14-6-3-7-15-26)23-10-12-24(13-11-23)30-21-22-8-4-2-5-9-22;;/h2,4-5,8-13,25,29H,3,6-7,14-21H2,1H3;2*1H/t25-;;/m1../s1. The number of piperazine rings is 1. The van der Waals surface area contributed by atoms with Gasteiger partial charge in [-0.05, 0) is 43.1 Å². The number of hydrogen-bond donors (Lipinski definition) is 1. The molecule has 1 N–H and O–H groups in total. The zero-order valence-electron chi connectivity index (χ0n) is 19.1. The molecular weight excluding hydrogens is 443 g/mol. The van der Waals surface area contributed by atoms with E-state index in [0.29, 0.717) is 6.61 Å². The van der Waals surface area contributed by atoms with E-state index in [1.165, 1.54) is 17.5 Å². The Morgan fingerprint density at radius 2 is 1.50 bits per heavy atom. The van der Waals surface area contributed by atoms with Crippen molar-refractivity contribution < 1.29 is 9.84 Å². The van der Waals surface area contributed by atoms with Gasteiger partial charge in [-0.1, -0.05) is 61.7 Å². The first-order valence-electron chi connectivity index (χ1n) is 11.5. The highest BCUT2D eigenvalue weighted by molar-refractivity contribution is 5.85. The summed E-state index contributed by atoms with van der Waals surface area (Å²) in [5, 5.41) is 11.6. The molecule has 2 fully saturated rings. The summed E-state index contributed by atoms with van der Waals surface area (Å²) in [6.45, 7) is 5.90. The molecule has 0 radical (unpaired) electrons. The van der Waals surface area contributed by atoms with Crippen molar-refractivity contribution in [2.24, 2.45) is 0 Å². The minimum atomic E-state index is -0.589. The van der Waals surface area contributed by atoms with Crippen LogP contribution < -0.4 is 4.74 Å². The first kappa shape index (κ1) is 26.9. The van der Waals surface area contributed by atoms with E-state index in [4.69, 9.17) is 4.74 Å². The van der Waals surface area contributed by atoms with Crippen LogP contribution in [0.1, 0.15) is 49.1 Å². The van der Waals surface area contributed by atoms with E-state index < -0.39 is 5.60 Å². The lowest BCUT2D eigenvalue weighted by Gasteiger charge is -2.43. The Hall–Kier alpha value is -1.30. The molecule has 0 amide bonds. The van der Waals surface area contributed by atoms with Crippen LogP contribution in [0.25, 0.3) is 0 Å². The summed E-state index contributed by atoms with van der Waals surface area (Å²) >= 11 is 0. The van der Waals surface area contributed by atoms with Gasteiger partial charge in [0.2, 0.25) is 0 Å². The zero-order chi connectivity index (χ0) is 20.8. The number of aliphatic hydroxyl groups is 1. The molecule has 2 aromatic carbocycles. The topological polar surface area (TPSA) is 35.9 Å². The van der Waals surface area contributed by atoms with Crippen molar-refractivity contribution in [1.29, 1.82) is 0 Å². The highest BCUT2D eigenvalue weighted by Gasteiger charge is 2.39. The third kappa shape index (κ3) is 7.10. The fraction of sp³-hybridized carbons (Fsp3) is 0.538. The second-order valence-electron chi connectivity index (χ2n) is 9.16. The van der Waals surface area contributed by atoms with Crippen LogP contribution in [0, 0.1) is 0 Å². The molecule has 178 valence electrons. The monoisotopic (exact) mass is 480 g/mol. The van der Waals surface area contributed by atoms with Crippen molar-refractivity contribution in [2.75, 3.05) is 39.8 Å². The Bertz CT molecular complexity index is 774. The van der Waals surface area contributed by atoms with Crippen LogP contribution in [-0.4, -0.2) is 60.3 Å². The molecule has 1 atom stereocenters. The maximum atomic E-state index is 11.6. The molecule has 4 nitrogen and oxygen atoms in total. The molecule has 1 aliphatic carbocycles. The molecule has 0 spiro atoms. The van der Waals surface area contributed by atoms with E-state index in [2.05, 4.69) is 53.2 Å². The van der Waals surface area contributed by atoms with Crippen molar-refractivity contribution in [3.05, 3.63) is 65.7 Å². The first-order valence-corrected chi connectivity index (χ1v) is 11.5. The molecular formula is C26H38Cl2N2O2. The number of hydrogen-bond acceptors (Lipinski definition) is 4. The number of nitrogens with zero attached hydrogens (tertiary/aromatic N) is 2. The van der Waals surface area contributed by atoms with Crippen molar-refractivity contribution >= 4 is 24.8 Å². The quantitative estimate of drug-likeness (QED) is 0.595. The molecule has 2 aromatic rings. The average Bonchev–Trinajstić information content (AvgIpc) is 2.79. The Kier molecular flexibility index (Phi) is 10.8. The van der Waals surface area contributed by atoms with E-state index in [0.717, 1.165) is 64.2 Å². The molecule has 1 saturated heterocycles. The van der Waals surface area contributed by atoms with Crippen LogP contribution in [0.2, 0.25) is 0 Å². The first-order chi connectivity index (χ1) is 14.6. The van der Waals surface area contributed by atoms with Gasteiger partial charge in [-0.25, -0.2) is 0 Å². The van der Waals surface area contributed by atoms with Gasteiger partial charge in [-0.15, -0.1) is 24.8 Å². The lowest BCUT2D eigenvalue weighted by Crippen LogP contribution is -2.50. The van der Waals surface area contributed by atoms with Crippen molar-refractivity contribution in [1.82, 2.24) is 9.80 Å². The Morgan fingerprint density at radius 3 is 2.12 bits per heavy atom. The molecule has 4 rings (SSSR count). The molecule has 0 unspecified atom stereocenters. The normalized spacial score (nSPS) is 19.9. The van der Waals surface area contributed by atoms with Gasteiger partial charge < -0.3 is 19.6 Å². The third-order valence-corrected chi connectivity index (χ3v) is 6.94.